The number of carbonyl (C=O) groups is 1. The van der Waals surface area contributed by atoms with Gasteiger partial charge < -0.3 is 9.84 Å². The molecule has 1 N–H and O–H groups in total. The van der Waals surface area contributed by atoms with Gasteiger partial charge in [-0.25, -0.2) is 9.18 Å². The van der Waals surface area contributed by atoms with Crippen LogP contribution in [-0.4, -0.2) is 42.7 Å². The molecular weight excluding hydrogens is 345 g/mol. The van der Waals surface area contributed by atoms with Crippen molar-refractivity contribution in [3.63, 3.8) is 0 Å². The molecule has 0 bridgehead atoms. The van der Waals surface area contributed by atoms with Gasteiger partial charge in [0, 0.05) is 19.6 Å². The number of aliphatic hydroxyl groups excluding tert-OH is 1. The van der Waals surface area contributed by atoms with Crippen molar-refractivity contribution < 1.29 is 19.0 Å². The SMILES string of the molecule is COC(=O)c1ccc(C(O)CCN2CC=C(c3ccc(F)cc3)CC2)cc1. The molecule has 2 aromatic rings. The van der Waals surface area contributed by atoms with Crippen LogP contribution in [0, 0.1) is 5.82 Å². The Bertz CT molecular complexity index is 799. The van der Waals surface area contributed by atoms with Crippen LogP contribution in [0.2, 0.25) is 0 Å². The zero-order chi connectivity index (χ0) is 19.2. The van der Waals surface area contributed by atoms with Crippen LogP contribution in [-0.2, 0) is 4.74 Å². The quantitative estimate of drug-likeness (QED) is 0.787. The number of halogens is 1. The third-order valence-corrected chi connectivity index (χ3v) is 4.94. The van der Waals surface area contributed by atoms with Gasteiger partial charge in [-0.05, 0) is 53.8 Å². The smallest absolute Gasteiger partial charge is 0.337 e. The third-order valence-electron chi connectivity index (χ3n) is 4.94. The summed E-state index contributed by atoms with van der Waals surface area (Å²) in [6.45, 7) is 2.52. The van der Waals surface area contributed by atoms with Gasteiger partial charge in [0.2, 0.25) is 0 Å². The van der Waals surface area contributed by atoms with Gasteiger partial charge in [0.05, 0.1) is 18.8 Å². The molecule has 1 unspecified atom stereocenters. The third kappa shape index (κ3) is 5.02. The summed E-state index contributed by atoms with van der Waals surface area (Å²) in [6, 6.07) is 13.5. The summed E-state index contributed by atoms with van der Waals surface area (Å²) in [5, 5.41) is 10.4. The van der Waals surface area contributed by atoms with Crippen molar-refractivity contribution in [2.24, 2.45) is 0 Å². The second-order valence-corrected chi connectivity index (χ2v) is 6.70. The Labute approximate surface area is 158 Å². The van der Waals surface area contributed by atoms with Gasteiger partial charge in [0.25, 0.3) is 0 Å². The highest BCUT2D eigenvalue weighted by atomic mass is 19.1. The molecule has 1 aliphatic rings. The number of nitrogens with zero attached hydrogens (tertiary/aromatic N) is 1. The molecule has 5 heteroatoms. The van der Waals surface area contributed by atoms with Crippen LogP contribution in [0.4, 0.5) is 4.39 Å². The molecule has 0 amide bonds. The van der Waals surface area contributed by atoms with E-state index in [9.17, 15) is 14.3 Å². The number of ether oxygens (including phenoxy) is 1. The second-order valence-electron chi connectivity index (χ2n) is 6.70. The normalized spacial score (nSPS) is 15.9. The lowest BCUT2D eigenvalue weighted by atomic mass is 9.99. The first kappa shape index (κ1) is 19.3. The minimum atomic E-state index is -0.570. The van der Waals surface area contributed by atoms with Crippen molar-refractivity contribution in [3.8, 4) is 0 Å². The molecule has 0 aromatic heterocycles. The van der Waals surface area contributed by atoms with Crippen LogP contribution in [0.1, 0.15) is 40.4 Å². The van der Waals surface area contributed by atoms with Gasteiger partial charge in [0.15, 0.2) is 0 Å². The predicted octanol–water partition coefficient (Wildman–Crippen LogP) is 3.83. The number of benzene rings is 2. The molecule has 142 valence electrons. The summed E-state index contributed by atoms with van der Waals surface area (Å²) in [6.07, 6.45) is 3.14. The number of methoxy groups -OCH3 is 1. The molecule has 0 radical (unpaired) electrons. The van der Waals surface area contributed by atoms with Crippen LogP contribution in [0.25, 0.3) is 5.57 Å². The van der Waals surface area contributed by atoms with Crippen molar-refractivity contribution in [1.29, 1.82) is 0 Å². The average molecular weight is 369 g/mol. The molecule has 4 nitrogen and oxygen atoms in total. The molecule has 3 rings (SSSR count). The Morgan fingerprint density at radius 2 is 1.89 bits per heavy atom. The molecule has 0 aliphatic carbocycles. The average Bonchev–Trinajstić information content (AvgIpc) is 2.72. The maximum atomic E-state index is 13.0. The number of esters is 1. The molecule has 0 saturated heterocycles. The molecule has 1 aliphatic heterocycles. The van der Waals surface area contributed by atoms with Gasteiger partial charge in [-0.3, -0.25) is 4.90 Å². The summed E-state index contributed by atoms with van der Waals surface area (Å²) in [5.41, 5.74) is 3.58. The number of hydrogen-bond acceptors (Lipinski definition) is 4. The van der Waals surface area contributed by atoms with Crippen molar-refractivity contribution in [2.45, 2.75) is 18.9 Å². The number of hydrogen-bond donors (Lipinski definition) is 1. The molecule has 0 fully saturated rings. The zero-order valence-electron chi connectivity index (χ0n) is 15.4. The fourth-order valence-corrected chi connectivity index (χ4v) is 3.27. The highest BCUT2D eigenvalue weighted by Crippen LogP contribution is 2.24. The van der Waals surface area contributed by atoms with E-state index in [2.05, 4.69) is 15.7 Å². The molecular formula is C22H24FNO3. The van der Waals surface area contributed by atoms with E-state index in [4.69, 9.17) is 0 Å². The van der Waals surface area contributed by atoms with Crippen LogP contribution in [0.5, 0.6) is 0 Å². The summed E-state index contributed by atoms with van der Waals surface area (Å²) >= 11 is 0. The standard InChI is InChI=1S/C22H24FNO3/c1-27-22(26)19-4-2-18(3-5-19)21(25)12-15-24-13-10-17(11-14-24)16-6-8-20(23)9-7-16/h2-10,21,25H,11-15H2,1H3. The Hall–Kier alpha value is -2.50. The predicted molar refractivity (Wildman–Crippen MR) is 103 cm³/mol. The van der Waals surface area contributed by atoms with Crippen molar-refractivity contribution in [1.82, 2.24) is 4.90 Å². The van der Waals surface area contributed by atoms with Gasteiger partial charge in [-0.1, -0.05) is 30.3 Å². The van der Waals surface area contributed by atoms with E-state index in [-0.39, 0.29) is 11.8 Å². The fraction of sp³-hybridized carbons (Fsp3) is 0.318. The lowest BCUT2D eigenvalue weighted by Crippen LogP contribution is -2.30. The van der Waals surface area contributed by atoms with Crippen molar-refractivity contribution in [3.05, 3.63) is 77.1 Å². The number of carbonyl (C=O) groups excluding carboxylic acids is 1. The van der Waals surface area contributed by atoms with Crippen LogP contribution in [0.3, 0.4) is 0 Å². The largest absolute Gasteiger partial charge is 0.465 e. The maximum Gasteiger partial charge on any atom is 0.337 e. The Balaban J connectivity index is 1.50. The Morgan fingerprint density at radius 1 is 1.19 bits per heavy atom. The summed E-state index contributed by atoms with van der Waals surface area (Å²) in [7, 11) is 1.35. The molecule has 1 heterocycles. The highest BCUT2D eigenvalue weighted by molar-refractivity contribution is 5.89. The molecule has 27 heavy (non-hydrogen) atoms. The zero-order valence-corrected chi connectivity index (χ0v) is 15.4. The minimum Gasteiger partial charge on any atom is -0.465 e. The lowest BCUT2D eigenvalue weighted by Gasteiger charge is -2.27. The first-order chi connectivity index (χ1) is 13.1. The van der Waals surface area contributed by atoms with E-state index in [1.165, 1.54) is 24.8 Å². The molecule has 2 aromatic carbocycles. The van der Waals surface area contributed by atoms with Crippen molar-refractivity contribution >= 4 is 11.5 Å². The van der Waals surface area contributed by atoms with E-state index in [1.54, 1.807) is 24.3 Å². The summed E-state index contributed by atoms with van der Waals surface area (Å²) < 4.78 is 17.7. The number of rotatable bonds is 6. The van der Waals surface area contributed by atoms with Gasteiger partial charge in [-0.2, -0.15) is 0 Å². The van der Waals surface area contributed by atoms with E-state index >= 15 is 0 Å². The molecule has 0 saturated carbocycles. The van der Waals surface area contributed by atoms with E-state index < -0.39 is 6.10 Å². The van der Waals surface area contributed by atoms with Crippen LogP contribution in [0.15, 0.2) is 54.6 Å². The monoisotopic (exact) mass is 369 g/mol. The Morgan fingerprint density at radius 3 is 2.48 bits per heavy atom. The summed E-state index contributed by atoms with van der Waals surface area (Å²) in [5.74, 6) is -0.599. The van der Waals surface area contributed by atoms with E-state index in [0.29, 0.717) is 12.0 Å². The van der Waals surface area contributed by atoms with E-state index in [1.807, 2.05) is 12.1 Å². The first-order valence-electron chi connectivity index (χ1n) is 9.10. The Kier molecular flexibility index (Phi) is 6.37. The molecule has 1 atom stereocenters. The van der Waals surface area contributed by atoms with Crippen LogP contribution < -0.4 is 0 Å². The topological polar surface area (TPSA) is 49.8 Å². The maximum absolute atomic E-state index is 13.0. The van der Waals surface area contributed by atoms with Crippen LogP contribution >= 0.6 is 0 Å². The van der Waals surface area contributed by atoms with Gasteiger partial charge in [-0.15, -0.1) is 0 Å². The highest BCUT2D eigenvalue weighted by Gasteiger charge is 2.16. The molecule has 0 spiro atoms. The summed E-state index contributed by atoms with van der Waals surface area (Å²) in [4.78, 5) is 13.7. The van der Waals surface area contributed by atoms with E-state index in [0.717, 1.165) is 37.2 Å². The van der Waals surface area contributed by atoms with Gasteiger partial charge in [0.1, 0.15) is 5.82 Å². The first-order valence-corrected chi connectivity index (χ1v) is 9.10. The minimum absolute atomic E-state index is 0.217. The fourth-order valence-electron chi connectivity index (χ4n) is 3.27. The second kappa shape index (κ2) is 8.93. The number of aliphatic hydroxyl groups is 1. The van der Waals surface area contributed by atoms with Crippen molar-refractivity contribution in [2.75, 3.05) is 26.7 Å². The lowest BCUT2D eigenvalue weighted by molar-refractivity contribution is 0.0600. The van der Waals surface area contributed by atoms with Gasteiger partial charge >= 0.3 is 5.97 Å².